The molecule has 0 amide bonds. The van der Waals surface area contributed by atoms with Crippen molar-refractivity contribution in [2.24, 2.45) is 0 Å². The zero-order valence-electron chi connectivity index (χ0n) is 10.9. The maximum Gasteiger partial charge on any atom is 0.146 e. The molecule has 0 saturated heterocycles. The summed E-state index contributed by atoms with van der Waals surface area (Å²) in [5.41, 5.74) is 2.31. The topological polar surface area (TPSA) is 29.3 Å². The van der Waals surface area contributed by atoms with Gasteiger partial charge in [-0.05, 0) is 30.7 Å². The molecule has 0 bridgehead atoms. The molecule has 3 aromatic rings. The summed E-state index contributed by atoms with van der Waals surface area (Å²) in [7, 11) is 0. The second-order valence-corrected chi connectivity index (χ2v) is 4.64. The van der Waals surface area contributed by atoms with Crippen LogP contribution in [0.5, 0.6) is 0 Å². The Bertz CT molecular complexity index is 765. The van der Waals surface area contributed by atoms with E-state index in [4.69, 9.17) is 0 Å². The van der Waals surface area contributed by atoms with Crippen LogP contribution in [-0.4, -0.2) is 9.61 Å². The molecule has 1 aromatic carbocycles. The van der Waals surface area contributed by atoms with Gasteiger partial charge in [-0.1, -0.05) is 6.07 Å². The molecular weight excluding hydrogens is 260 g/mol. The molecule has 0 fully saturated rings. The Balaban J connectivity index is 1.85. The van der Waals surface area contributed by atoms with Gasteiger partial charge in [-0.3, -0.25) is 0 Å². The monoisotopic (exact) mass is 273 g/mol. The predicted molar refractivity (Wildman–Crippen MR) is 73.6 cm³/mol. The number of fused-ring (bicyclic) bond motifs is 1. The second-order valence-electron chi connectivity index (χ2n) is 4.64. The number of hydrogen-bond donors (Lipinski definition) is 1. The van der Waals surface area contributed by atoms with Gasteiger partial charge in [-0.2, -0.15) is 5.10 Å². The molecule has 102 valence electrons. The van der Waals surface area contributed by atoms with Gasteiger partial charge in [0.05, 0.1) is 17.4 Å². The molecule has 3 rings (SSSR count). The normalized spacial score (nSPS) is 10.9. The second kappa shape index (κ2) is 4.92. The lowest BCUT2D eigenvalue weighted by Crippen LogP contribution is -2.02. The lowest BCUT2D eigenvalue weighted by atomic mass is 10.2. The Morgan fingerprint density at radius 1 is 1.20 bits per heavy atom. The quantitative estimate of drug-likeness (QED) is 0.791. The van der Waals surface area contributed by atoms with E-state index in [0.29, 0.717) is 12.1 Å². The third-order valence-corrected chi connectivity index (χ3v) is 3.22. The first kappa shape index (κ1) is 12.6. The fourth-order valence-corrected chi connectivity index (χ4v) is 2.10. The van der Waals surface area contributed by atoms with Crippen LogP contribution in [0.4, 0.5) is 14.5 Å². The van der Waals surface area contributed by atoms with Crippen LogP contribution in [0.25, 0.3) is 5.52 Å². The lowest BCUT2D eigenvalue weighted by molar-refractivity contribution is 0.594. The van der Waals surface area contributed by atoms with Crippen LogP contribution in [0.2, 0.25) is 0 Å². The summed E-state index contributed by atoms with van der Waals surface area (Å²) in [4.78, 5) is 0. The highest BCUT2D eigenvalue weighted by atomic mass is 19.1. The van der Waals surface area contributed by atoms with Crippen LogP contribution in [0.1, 0.15) is 11.1 Å². The molecule has 2 aromatic heterocycles. The number of pyridine rings is 1. The highest BCUT2D eigenvalue weighted by Crippen LogP contribution is 2.20. The van der Waals surface area contributed by atoms with Crippen LogP contribution in [0, 0.1) is 18.6 Å². The SMILES string of the molecule is Cc1cc(F)c(NCc2cnn3ccccc23)cc1F. The molecule has 0 spiro atoms. The maximum absolute atomic E-state index is 13.7. The standard InChI is InChI=1S/C15H13F2N3/c1-10-6-13(17)14(7-12(10)16)18-8-11-9-19-20-5-3-2-4-15(11)20/h2-7,9,18H,8H2,1H3. The van der Waals surface area contributed by atoms with Gasteiger partial charge in [-0.25, -0.2) is 13.3 Å². The number of rotatable bonds is 3. The van der Waals surface area contributed by atoms with Gasteiger partial charge in [-0.15, -0.1) is 0 Å². The third-order valence-electron chi connectivity index (χ3n) is 3.22. The summed E-state index contributed by atoms with van der Waals surface area (Å²) in [6.45, 7) is 1.92. The number of halogens is 2. The Labute approximate surface area is 114 Å². The molecule has 0 unspecified atom stereocenters. The summed E-state index contributed by atoms with van der Waals surface area (Å²) in [5, 5.41) is 7.10. The first-order valence-electron chi connectivity index (χ1n) is 6.26. The van der Waals surface area contributed by atoms with Gasteiger partial charge in [0.2, 0.25) is 0 Å². The van der Waals surface area contributed by atoms with Crippen LogP contribution in [-0.2, 0) is 6.54 Å². The molecule has 0 saturated carbocycles. The van der Waals surface area contributed by atoms with Gasteiger partial charge < -0.3 is 5.32 Å². The zero-order valence-corrected chi connectivity index (χ0v) is 10.9. The first-order chi connectivity index (χ1) is 9.65. The molecule has 5 heteroatoms. The number of hydrogen-bond acceptors (Lipinski definition) is 2. The van der Waals surface area contributed by atoms with Crippen LogP contribution >= 0.6 is 0 Å². The number of anilines is 1. The molecule has 0 aliphatic carbocycles. The van der Waals surface area contributed by atoms with Crippen molar-refractivity contribution in [3.63, 3.8) is 0 Å². The van der Waals surface area contributed by atoms with Crippen molar-refractivity contribution in [3.05, 3.63) is 65.5 Å². The largest absolute Gasteiger partial charge is 0.378 e. The van der Waals surface area contributed by atoms with E-state index in [2.05, 4.69) is 10.4 Å². The smallest absolute Gasteiger partial charge is 0.146 e. The lowest BCUT2D eigenvalue weighted by Gasteiger charge is -2.08. The minimum atomic E-state index is -0.458. The molecule has 0 aliphatic heterocycles. The molecule has 0 radical (unpaired) electrons. The fourth-order valence-electron chi connectivity index (χ4n) is 2.10. The molecule has 1 N–H and O–H groups in total. The molecular formula is C15H13F2N3. The predicted octanol–water partition coefficient (Wildman–Crippen LogP) is 3.53. The van der Waals surface area contributed by atoms with Crippen molar-refractivity contribution in [1.29, 1.82) is 0 Å². The maximum atomic E-state index is 13.7. The average molecular weight is 273 g/mol. The summed E-state index contributed by atoms with van der Waals surface area (Å²) in [6, 6.07) is 8.08. The van der Waals surface area contributed by atoms with Gasteiger partial charge in [0.15, 0.2) is 0 Å². The highest BCUT2D eigenvalue weighted by molar-refractivity contribution is 5.55. The Hall–Kier alpha value is -2.43. The van der Waals surface area contributed by atoms with Crippen LogP contribution in [0.3, 0.4) is 0 Å². The minimum absolute atomic E-state index is 0.156. The molecule has 0 aliphatic rings. The van der Waals surface area contributed by atoms with Gasteiger partial charge in [0.1, 0.15) is 11.6 Å². The van der Waals surface area contributed by atoms with Crippen LogP contribution < -0.4 is 5.32 Å². The Morgan fingerprint density at radius 3 is 2.90 bits per heavy atom. The molecule has 20 heavy (non-hydrogen) atoms. The van der Waals surface area contributed by atoms with E-state index in [1.165, 1.54) is 19.1 Å². The number of nitrogens with zero attached hydrogens (tertiary/aromatic N) is 2. The molecule has 0 atom stereocenters. The number of nitrogens with one attached hydrogen (secondary N) is 1. The van der Waals surface area contributed by atoms with Crippen molar-refractivity contribution in [1.82, 2.24) is 9.61 Å². The van der Waals surface area contributed by atoms with E-state index in [1.807, 2.05) is 24.4 Å². The van der Waals surface area contributed by atoms with E-state index in [0.717, 1.165) is 11.1 Å². The van der Waals surface area contributed by atoms with Crippen LogP contribution in [0.15, 0.2) is 42.7 Å². The van der Waals surface area contributed by atoms with Crippen molar-refractivity contribution in [2.45, 2.75) is 13.5 Å². The minimum Gasteiger partial charge on any atom is -0.378 e. The van der Waals surface area contributed by atoms with E-state index in [-0.39, 0.29) is 5.69 Å². The van der Waals surface area contributed by atoms with Crippen molar-refractivity contribution < 1.29 is 8.78 Å². The Morgan fingerprint density at radius 2 is 2.05 bits per heavy atom. The van der Waals surface area contributed by atoms with Crippen molar-refractivity contribution in [3.8, 4) is 0 Å². The van der Waals surface area contributed by atoms with E-state index >= 15 is 0 Å². The highest BCUT2D eigenvalue weighted by Gasteiger charge is 2.08. The number of benzene rings is 1. The van der Waals surface area contributed by atoms with Crippen molar-refractivity contribution in [2.75, 3.05) is 5.32 Å². The van der Waals surface area contributed by atoms with E-state index < -0.39 is 11.6 Å². The fraction of sp³-hybridized carbons (Fsp3) is 0.133. The van der Waals surface area contributed by atoms with E-state index in [1.54, 1.807) is 10.7 Å². The zero-order chi connectivity index (χ0) is 14.1. The summed E-state index contributed by atoms with van der Waals surface area (Å²) >= 11 is 0. The summed E-state index contributed by atoms with van der Waals surface area (Å²) in [6.07, 6.45) is 3.55. The summed E-state index contributed by atoms with van der Waals surface area (Å²) in [5.74, 6) is -0.880. The first-order valence-corrected chi connectivity index (χ1v) is 6.26. The van der Waals surface area contributed by atoms with Gasteiger partial charge in [0, 0.05) is 24.4 Å². The third kappa shape index (κ3) is 2.22. The van der Waals surface area contributed by atoms with E-state index in [9.17, 15) is 8.78 Å². The van der Waals surface area contributed by atoms with Gasteiger partial charge >= 0.3 is 0 Å². The number of aromatic nitrogens is 2. The molecule has 2 heterocycles. The Kier molecular flexibility index (Phi) is 3.10. The summed E-state index contributed by atoms with van der Waals surface area (Å²) < 4.78 is 28.9. The van der Waals surface area contributed by atoms with Gasteiger partial charge in [0.25, 0.3) is 0 Å². The number of aryl methyl sites for hydroxylation is 1. The van der Waals surface area contributed by atoms with Crippen molar-refractivity contribution >= 4 is 11.2 Å². The average Bonchev–Trinajstić information content (AvgIpc) is 2.85. The molecule has 3 nitrogen and oxygen atoms in total.